The van der Waals surface area contributed by atoms with Crippen molar-refractivity contribution in [2.45, 2.75) is 31.7 Å². The third-order valence-electron chi connectivity index (χ3n) is 4.40. The second-order valence-corrected chi connectivity index (χ2v) is 5.26. The fourth-order valence-corrected chi connectivity index (χ4v) is 3.07. The van der Waals surface area contributed by atoms with Crippen LogP contribution in [0.25, 0.3) is 0 Å². The molecule has 0 aromatic heterocycles. The van der Waals surface area contributed by atoms with Crippen LogP contribution in [0, 0.1) is 11.3 Å². The predicted octanol–water partition coefficient (Wildman–Crippen LogP) is 0.394. The van der Waals surface area contributed by atoms with Crippen molar-refractivity contribution in [3.05, 3.63) is 0 Å². The lowest BCUT2D eigenvalue weighted by Crippen LogP contribution is -2.55. The summed E-state index contributed by atoms with van der Waals surface area (Å²) >= 11 is 0. The van der Waals surface area contributed by atoms with Crippen LogP contribution in [0.4, 0.5) is 0 Å². The molecular formula is C11H23N3. The highest BCUT2D eigenvalue weighted by molar-refractivity contribution is 5.01. The number of likely N-dealkylation sites (tertiary alicyclic amines) is 1. The van der Waals surface area contributed by atoms with E-state index in [0.717, 1.165) is 6.54 Å². The van der Waals surface area contributed by atoms with Crippen molar-refractivity contribution < 1.29 is 0 Å². The minimum Gasteiger partial charge on any atom is -0.330 e. The molecule has 2 rings (SSSR count). The Hall–Kier alpha value is -0.120. The number of rotatable bonds is 3. The van der Waals surface area contributed by atoms with E-state index >= 15 is 0 Å². The molecule has 2 fully saturated rings. The largest absolute Gasteiger partial charge is 0.330 e. The maximum absolute atomic E-state index is 6.39. The van der Waals surface area contributed by atoms with E-state index in [-0.39, 0.29) is 0 Å². The Morgan fingerprint density at radius 2 is 2.21 bits per heavy atom. The van der Waals surface area contributed by atoms with Gasteiger partial charge in [-0.25, -0.2) is 0 Å². The summed E-state index contributed by atoms with van der Waals surface area (Å²) < 4.78 is 0. The first-order valence-corrected chi connectivity index (χ1v) is 5.82. The van der Waals surface area contributed by atoms with Crippen molar-refractivity contribution in [1.82, 2.24) is 4.90 Å². The van der Waals surface area contributed by atoms with Crippen LogP contribution in [-0.4, -0.2) is 37.6 Å². The van der Waals surface area contributed by atoms with Gasteiger partial charge in [-0.15, -0.1) is 0 Å². The number of hydrogen-bond donors (Lipinski definition) is 2. The minimum atomic E-state index is 0.301. The minimum absolute atomic E-state index is 0.301. The molecule has 0 aromatic rings. The van der Waals surface area contributed by atoms with Gasteiger partial charge in [0.05, 0.1) is 0 Å². The molecule has 3 heteroatoms. The van der Waals surface area contributed by atoms with Crippen molar-refractivity contribution in [2.24, 2.45) is 22.8 Å². The summed E-state index contributed by atoms with van der Waals surface area (Å²) in [4.78, 5) is 2.38. The Morgan fingerprint density at radius 3 is 2.57 bits per heavy atom. The quantitative estimate of drug-likeness (QED) is 0.688. The Labute approximate surface area is 86.8 Å². The van der Waals surface area contributed by atoms with Crippen LogP contribution in [0.5, 0.6) is 0 Å². The molecule has 0 bridgehead atoms. The third-order valence-corrected chi connectivity index (χ3v) is 4.40. The van der Waals surface area contributed by atoms with E-state index in [4.69, 9.17) is 11.5 Å². The highest BCUT2D eigenvalue weighted by Gasteiger charge is 2.45. The second-order valence-electron chi connectivity index (χ2n) is 5.26. The number of hydrogen-bond acceptors (Lipinski definition) is 3. The molecule has 0 spiro atoms. The average molecular weight is 197 g/mol. The van der Waals surface area contributed by atoms with Crippen LogP contribution in [0.15, 0.2) is 0 Å². The van der Waals surface area contributed by atoms with Gasteiger partial charge in [0.2, 0.25) is 0 Å². The molecule has 1 aliphatic heterocycles. The molecule has 3 nitrogen and oxygen atoms in total. The first-order valence-electron chi connectivity index (χ1n) is 5.82. The van der Waals surface area contributed by atoms with Crippen LogP contribution >= 0.6 is 0 Å². The van der Waals surface area contributed by atoms with Gasteiger partial charge in [0.15, 0.2) is 0 Å². The summed E-state index contributed by atoms with van der Waals surface area (Å²) in [5.41, 5.74) is 12.6. The maximum Gasteiger partial charge on any atom is 0.0149 e. The lowest BCUT2D eigenvalue weighted by Gasteiger charge is -2.47. The molecule has 0 amide bonds. The molecule has 1 aliphatic carbocycles. The summed E-state index contributed by atoms with van der Waals surface area (Å²) in [5, 5.41) is 0. The predicted molar refractivity (Wildman–Crippen MR) is 58.9 cm³/mol. The molecule has 1 saturated carbocycles. The van der Waals surface area contributed by atoms with Gasteiger partial charge >= 0.3 is 0 Å². The van der Waals surface area contributed by atoms with Gasteiger partial charge in [-0.2, -0.15) is 0 Å². The molecule has 4 N–H and O–H groups in total. The van der Waals surface area contributed by atoms with Crippen LogP contribution < -0.4 is 11.5 Å². The van der Waals surface area contributed by atoms with Crippen LogP contribution in [-0.2, 0) is 0 Å². The van der Waals surface area contributed by atoms with E-state index in [1.165, 1.54) is 38.8 Å². The monoisotopic (exact) mass is 197 g/mol. The maximum atomic E-state index is 6.39. The van der Waals surface area contributed by atoms with E-state index in [2.05, 4.69) is 11.9 Å². The summed E-state index contributed by atoms with van der Waals surface area (Å²) in [7, 11) is 2.18. The molecule has 2 unspecified atom stereocenters. The molecular weight excluding hydrogens is 174 g/mol. The van der Waals surface area contributed by atoms with E-state index in [0.29, 0.717) is 17.4 Å². The average Bonchev–Trinajstić information content (AvgIpc) is 2.50. The van der Waals surface area contributed by atoms with Crippen LogP contribution in [0.3, 0.4) is 0 Å². The van der Waals surface area contributed by atoms with Crippen molar-refractivity contribution in [3.8, 4) is 0 Å². The Kier molecular flexibility index (Phi) is 2.82. The summed E-state index contributed by atoms with van der Waals surface area (Å²) in [5.74, 6) is 0.684. The van der Waals surface area contributed by atoms with Gasteiger partial charge in [-0.1, -0.05) is 6.42 Å². The lowest BCUT2D eigenvalue weighted by molar-refractivity contribution is 0.0749. The molecule has 1 saturated heterocycles. The van der Waals surface area contributed by atoms with Gasteiger partial charge in [-0.3, -0.25) is 0 Å². The summed E-state index contributed by atoms with van der Waals surface area (Å²) in [6.07, 6.45) is 5.10. The normalized spacial score (nSPS) is 34.1. The third kappa shape index (κ3) is 1.58. The Bertz CT molecular complexity index is 195. The molecule has 14 heavy (non-hydrogen) atoms. The smallest absolute Gasteiger partial charge is 0.0149 e. The fraction of sp³-hybridized carbons (Fsp3) is 1.00. The van der Waals surface area contributed by atoms with E-state index in [1.54, 1.807) is 0 Å². The Balaban J connectivity index is 1.96. The van der Waals surface area contributed by atoms with Gasteiger partial charge in [0, 0.05) is 12.6 Å². The SMILES string of the molecule is CN1CCC(C(N)C2(CN)CCC2)C1. The van der Waals surface area contributed by atoms with Crippen molar-refractivity contribution in [1.29, 1.82) is 0 Å². The molecule has 1 heterocycles. The molecule has 2 atom stereocenters. The van der Waals surface area contributed by atoms with Crippen molar-refractivity contribution in [2.75, 3.05) is 26.7 Å². The van der Waals surface area contributed by atoms with Crippen molar-refractivity contribution >= 4 is 0 Å². The van der Waals surface area contributed by atoms with E-state index in [1.807, 2.05) is 0 Å². The number of nitrogens with zero attached hydrogens (tertiary/aromatic N) is 1. The lowest BCUT2D eigenvalue weighted by atomic mass is 9.61. The van der Waals surface area contributed by atoms with Gasteiger partial charge in [0.25, 0.3) is 0 Å². The first kappa shape index (κ1) is 10.4. The molecule has 2 aliphatic rings. The zero-order chi connectivity index (χ0) is 10.2. The van der Waals surface area contributed by atoms with E-state index in [9.17, 15) is 0 Å². The topological polar surface area (TPSA) is 55.3 Å². The first-order chi connectivity index (χ1) is 6.68. The number of nitrogens with two attached hydrogens (primary N) is 2. The Morgan fingerprint density at radius 1 is 1.50 bits per heavy atom. The fourth-order valence-electron chi connectivity index (χ4n) is 3.07. The summed E-state index contributed by atoms with van der Waals surface area (Å²) in [6.45, 7) is 3.16. The second kappa shape index (κ2) is 3.80. The van der Waals surface area contributed by atoms with Gasteiger partial charge < -0.3 is 16.4 Å². The van der Waals surface area contributed by atoms with Gasteiger partial charge in [0.1, 0.15) is 0 Å². The zero-order valence-electron chi connectivity index (χ0n) is 9.21. The van der Waals surface area contributed by atoms with Gasteiger partial charge in [-0.05, 0) is 50.7 Å². The molecule has 0 aromatic carbocycles. The standard InChI is InChI=1S/C11H23N3/c1-14-6-3-9(7-14)10(13)11(8-12)4-2-5-11/h9-10H,2-8,12-13H2,1H3. The highest BCUT2D eigenvalue weighted by atomic mass is 15.1. The molecule has 82 valence electrons. The summed E-state index contributed by atoms with van der Waals surface area (Å²) in [6, 6.07) is 0.339. The van der Waals surface area contributed by atoms with Crippen LogP contribution in [0.2, 0.25) is 0 Å². The van der Waals surface area contributed by atoms with Crippen LogP contribution in [0.1, 0.15) is 25.7 Å². The van der Waals surface area contributed by atoms with Crippen molar-refractivity contribution in [3.63, 3.8) is 0 Å². The van der Waals surface area contributed by atoms with E-state index < -0.39 is 0 Å². The highest BCUT2D eigenvalue weighted by Crippen LogP contribution is 2.45. The molecule has 0 radical (unpaired) electrons. The zero-order valence-corrected chi connectivity index (χ0v) is 9.21.